The lowest BCUT2D eigenvalue weighted by Gasteiger charge is -2.42. The first kappa shape index (κ1) is 15.9. The monoisotopic (exact) mass is 330 g/mol. The minimum Gasteiger partial charge on any atom is -0.463 e. The maximum Gasteiger partial charge on any atom is 0.190 e. The van der Waals surface area contributed by atoms with Crippen molar-refractivity contribution in [2.45, 2.75) is 38.7 Å². The highest BCUT2D eigenvalue weighted by atomic mass is 16.5. The first-order valence-electron chi connectivity index (χ1n) is 8.94. The second kappa shape index (κ2) is 5.74. The number of nitrogens with zero attached hydrogens (tertiary/aromatic N) is 2. The summed E-state index contributed by atoms with van der Waals surface area (Å²) in [7, 11) is 0. The predicted molar refractivity (Wildman–Crippen MR) is 98.6 cm³/mol. The molecule has 1 fully saturated rings. The number of para-hydroxylation sites is 1. The van der Waals surface area contributed by atoms with Crippen molar-refractivity contribution in [1.29, 1.82) is 5.26 Å². The van der Waals surface area contributed by atoms with Gasteiger partial charge in [0.2, 0.25) is 0 Å². The Morgan fingerprint density at radius 3 is 2.40 bits per heavy atom. The van der Waals surface area contributed by atoms with Crippen LogP contribution < -0.4 is 0 Å². The van der Waals surface area contributed by atoms with E-state index < -0.39 is 11.0 Å². The van der Waals surface area contributed by atoms with E-state index in [9.17, 15) is 5.26 Å². The minimum atomic E-state index is -0.772. The molecular weight excluding hydrogens is 308 g/mol. The summed E-state index contributed by atoms with van der Waals surface area (Å²) in [6.45, 7) is 4.32. The Morgan fingerprint density at radius 2 is 1.76 bits per heavy atom. The van der Waals surface area contributed by atoms with Crippen molar-refractivity contribution < 1.29 is 4.74 Å². The van der Waals surface area contributed by atoms with Gasteiger partial charge in [-0.1, -0.05) is 62.4 Å². The maximum atomic E-state index is 10.1. The molecule has 3 nitrogen and oxygen atoms in total. The molecule has 0 aromatic heterocycles. The molecule has 4 rings (SSSR count). The van der Waals surface area contributed by atoms with Crippen molar-refractivity contribution >= 4 is 11.6 Å². The van der Waals surface area contributed by atoms with Gasteiger partial charge in [-0.2, -0.15) is 5.26 Å². The average molecular weight is 330 g/mol. The number of fused-ring (bicyclic) bond motifs is 1. The molecule has 0 radical (unpaired) electrons. The van der Waals surface area contributed by atoms with E-state index in [0.717, 1.165) is 42.0 Å². The fourth-order valence-electron chi connectivity index (χ4n) is 3.88. The lowest BCUT2D eigenvalue weighted by atomic mass is 9.72. The van der Waals surface area contributed by atoms with E-state index in [4.69, 9.17) is 9.73 Å². The smallest absolute Gasteiger partial charge is 0.190 e. The highest BCUT2D eigenvalue weighted by molar-refractivity contribution is 5.84. The number of hydrogen-bond donors (Lipinski definition) is 0. The number of rotatable bonds is 4. The second-order valence-electron chi connectivity index (χ2n) is 7.46. The molecule has 0 bridgehead atoms. The van der Waals surface area contributed by atoms with Crippen molar-refractivity contribution in [2.75, 3.05) is 0 Å². The van der Waals surface area contributed by atoms with Gasteiger partial charge in [0.1, 0.15) is 5.41 Å². The summed E-state index contributed by atoms with van der Waals surface area (Å²) >= 11 is 0. The third-order valence-corrected chi connectivity index (χ3v) is 5.20. The van der Waals surface area contributed by atoms with Crippen LogP contribution in [0.1, 0.15) is 44.2 Å². The zero-order valence-corrected chi connectivity index (χ0v) is 14.7. The van der Waals surface area contributed by atoms with E-state index >= 15 is 0 Å². The first-order chi connectivity index (χ1) is 12.1. The molecule has 25 heavy (non-hydrogen) atoms. The number of nitriles is 1. The van der Waals surface area contributed by atoms with Crippen LogP contribution in [0.4, 0.5) is 5.69 Å². The van der Waals surface area contributed by atoms with Crippen molar-refractivity contribution in [3.05, 3.63) is 65.7 Å². The molecule has 1 aliphatic carbocycles. The van der Waals surface area contributed by atoms with Crippen molar-refractivity contribution in [2.24, 2.45) is 16.3 Å². The fraction of sp³-hybridized carbons (Fsp3) is 0.364. The van der Waals surface area contributed by atoms with Crippen LogP contribution in [0, 0.1) is 22.7 Å². The second-order valence-corrected chi connectivity index (χ2v) is 7.46. The van der Waals surface area contributed by atoms with Crippen LogP contribution in [0.25, 0.3) is 0 Å². The summed E-state index contributed by atoms with van der Waals surface area (Å²) in [5, 5.41) is 10.1. The first-order valence-corrected chi connectivity index (χ1v) is 8.94. The number of hydrogen-bond acceptors (Lipinski definition) is 3. The number of ether oxygens (including phenoxy) is 1. The van der Waals surface area contributed by atoms with Crippen LogP contribution in [0.3, 0.4) is 0 Å². The Balaban J connectivity index is 1.98. The summed E-state index contributed by atoms with van der Waals surface area (Å²) in [6.07, 6.45) is 2.47. The van der Waals surface area contributed by atoms with Crippen LogP contribution in [0.2, 0.25) is 0 Å². The van der Waals surface area contributed by atoms with Crippen molar-refractivity contribution in [3.63, 3.8) is 0 Å². The third-order valence-electron chi connectivity index (χ3n) is 5.20. The fourth-order valence-corrected chi connectivity index (χ4v) is 3.88. The molecule has 2 aliphatic rings. The van der Waals surface area contributed by atoms with Crippen LogP contribution in [-0.2, 0) is 10.3 Å². The molecule has 1 saturated carbocycles. The Labute approximate surface area is 149 Å². The Kier molecular flexibility index (Phi) is 3.65. The van der Waals surface area contributed by atoms with E-state index in [-0.39, 0.29) is 0 Å². The van der Waals surface area contributed by atoms with E-state index in [1.807, 2.05) is 36.4 Å². The van der Waals surface area contributed by atoms with Gasteiger partial charge in [-0.15, -0.1) is 0 Å². The SMILES string of the molecule is CC(C)CC1=Nc2ccccc2C(c2ccccc2)(C2(C#N)CC2)O1. The number of benzene rings is 2. The predicted octanol–water partition coefficient (Wildman–Crippen LogP) is 5.34. The molecular formula is C22H22N2O. The Morgan fingerprint density at radius 1 is 1.08 bits per heavy atom. The number of aliphatic imine (C=N–C) groups is 1. The van der Waals surface area contributed by atoms with Crippen LogP contribution >= 0.6 is 0 Å². The molecule has 1 atom stereocenters. The average Bonchev–Trinajstić information content (AvgIpc) is 3.43. The molecule has 1 heterocycles. The van der Waals surface area contributed by atoms with Gasteiger partial charge in [-0.3, -0.25) is 0 Å². The molecule has 0 amide bonds. The van der Waals surface area contributed by atoms with Gasteiger partial charge in [0, 0.05) is 17.5 Å². The zero-order chi connectivity index (χ0) is 17.5. The maximum absolute atomic E-state index is 10.1. The van der Waals surface area contributed by atoms with Gasteiger partial charge in [-0.25, -0.2) is 4.99 Å². The standard InChI is InChI=1S/C22H22N2O/c1-16(2)14-20-24-19-11-7-6-10-18(19)22(25-20,21(15-23)12-13-21)17-8-4-3-5-9-17/h3-11,16H,12-14H2,1-2H3. The molecule has 0 saturated heterocycles. The molecule has 2 aromatic rings. The van der Waals surface area contributed by atoms with Crippen LogP contribution in [0.15, 0.2) is 59.6 Å². The van der Waals surface area contributed by atoms with Gasteiger partial charge in [0.25, 0.3) is 0 Å². The lowest BCUT2D eigenvalue weighted by molar-refractivity contribution is 0.0342. The molecule has 2 aromatic carbocycles. The minimum absolute atomic E-state index is 0.440. The molecule has 126 valence electrons. The van der Waals surface area contributed by atoms with E-state index in [1.165, 1.54) is 0 Å². The van der Waals surface area contributed by atoms with E-state index in [1.54, 1.807) is 0 Å². The van der Waals surface area contributed by atoms with Gasteiger partial charge in [0.15, 0.2) is 11.5 Å². The molecule has 0 spiro atoms. The highest BCUT2D eigenvalue weighted by Gasteiger charge is 2.65. The topological polar surface area (TPSA) is 45.4 Å². The normalized spacial score (nSPS) is 23.2. The molecule has 1 unspecified atom stereocenters. The molecule has 1 aliphatic heterocycles. The van der Waals surface area contributed by atoms with E-state index in [2.05, 4.69) is 38.1 Å². The van der Waals surface area contributed by atoms with E-state index in [0.29, 0.717) is 5.92 Å². The zero-order valence-electron chi connectivity index (χ0n) is 14.7. The van der Waals surface area contributed by atoms with Gasteiger partial charge >= 0.3 is 0 Å². The Bertz CT molecular complexity index is 859. The van der Waals surface area contributed by atoms with Crippen molar-refractivity contribution in [3.8, 4) is 6.07 Å². The summed E-state index contributed by atoms with van der Waals surface area (Å²) in [6, 6.07) is 20.9. The van der Waals surface area contributed by atoms with Gasteiger partial charge in [0.05, 0.1) is 11.8 Å². The summed E-state index contributed by atoms with van der Waals surface area (Å²) in [5.74, 6) is 1.17. The summed E-state index contributed by atoms with van der Waals surface area (Å²) < 4.78 is 6.64. The largest absolute Gasteiger partial charge is 0.463 e. The summed E-state index contributed by atoms with van der Waals surface area (Å²) in [5.41, 5.74) is 1.67. The highest BCUT2D eigenvalue weighted by Crippen LogP contribution is 2.64. The van der Waals surface area contributed by atoms with Gasteiger partial charge < -0.3 is 4.74 Å². The third kappa shape index (κ3) is 2.36. The van der Waals surface area contributed by atoms with Gasteiger partial charge in [-0.05, 0) is 24.8 Å². The molecule has 0 N–H and O–H groups in total. The summed E-state index contributed by atoms with van der Waals surface area (Å²) in [4.78, 5) is 4.77. The van der Waals surface area contributed by atoms with Crippen molar-refractivity contribution in [1.82, 2.24) is 0 Å². The van der Waals surface area contributed by atoms with Crippen LogP contribution in [-0.4, -0.2) is 5.90 Å². The quantitative estimate of drug-likeness (QED) is 0.759. The lowest BCUT2D eigenvalue weighted by Crippen LogP contribution is -2.44. The molecule has 3 heteroatoms. The Hall–Kier alpha value is -2.60. The van der Waals surface area contributed by atoms with Crippen LogP contribution in [0.5, 0.6) is 0 Å².